The molecule has 1 amide bonds. The molecule has 1 saturated heterocycles. The Bertz CT molecular complexity index is 719. The van der Waals surface area contributed by atoms with Gasteiger partial charge in [-0.1, -0.05) is 31.5 Å². The van der Waals surface area contributed by atoms with Gasteiger partial charge in [-0.05, 0) is 44.7 Å². The molecular weight excluding hydrogens is 354 g/mol. The second kappa shape index (κ2) is 8.21. The van der Waals surface area contributed by atoms with E-state index < -0.39 is 5.60 Å². The van der Waals surface area contributed by atoms with Crippen molar-refractivity contribution in [3.8, 4) is 0 Å². The van der Waals surface area contributed by atoms with Crippen molar-refractivity contribution in [3.05, 3.63) is 35.4 Å². The van der Waals surface area contributed by atoms with Gasteiger partial charge in [0, 0.05) is 37.7 Å². The number of ether oxygens (including phenoxy) is 1. The molecule has 6 nitrogen and oxygen atoms in total. The molecule has 2 heterocycles. The summed E-state index contributed by atoms with van der Waals surface area (Å²) in [4.78, 5) is 27.4. The molecule has 152 valence electrons. The summed E-state index contributed by atoms with van der Waals surface area (Å²) in [5, 5.41) is 2.07. The zero-order valence-electron chi connectivity index (χ0n) is 16.8. The van der Waals surface area contributed by atoms with Crippen LogP contribution in [0, 0.1) is 5.92 Å². The van der Waals surface area contributed by atoms with Crippen LogP contribution in [-0.2, 0) is 15.1 Å². The van der Waals surface area contributed by atoms with Gasteiger partial charge in [-0.2, -0.15) is 0 Å². The predicted octanol–water partition coefficient (Wildman–Crippen LogP) is 2.69. The molecule has 0 aromatic heterocycles. The van der Waals surface area contributed by atoms with Gasteiger partial charge in [0.15, 0.2) is 0 Å². The van der Waals surface area contributed by atoms with Gasteiger partial charge in [0.1, 0.15) is 5.60 Å². The number of carbonyl (C=O) groups is 2. The highest BCUT2D eigenvalue weighted by molar-refractivity contribution is 5.94. The number of benzene rings is 1. The largest absolute Gasteiger partial charge is 0.451 e. The van der Waals surface area contributed by atoms with E-state index in [1.165, 1.54) is 12.8 Å². The summed E-state index contributed by atoms with van der Waals surface area (Å²) in [7, 11) is 0. The molecule has 0 unspecified atom stereocenters. The maximum absolute atomic E-state index is 12.8. The van der Waals surface area contributed by atoms with Crippen LogP contribution in [0.4, 0.5) is 0 Å². The normalized spacial score (nSPS) is 28.2. The molecule has 1 aromatic rings. The highest BCUT2D eigenvalue weighted by atomic mass is 16.6. The van der Waals surface area contributed by atoms with Gasteiger partial charge in [0.05, 0.1) is 5.56 Å². The summed E-state index contributed by atoms with van der Waals surface area (Å²) in [6, 6.07) is 7.67. The molecule has 28 heavy (non-hydrogen) atoms. The average Bonchev–Trinajstić information content (AvgIpc) is 3.00. The fourth-order valence-electron chi connectivity index (χ4n) is 4.78. The minimum Gasteiger partial charge on any atom is -0.451 e. The monoisotopic (exact) mass is 385 g/mol. The van der Waals surface area contributed by atoms with E-state index in [2.05, 4.69) is 22.3 Å². The molecule has 3 aliphatic rings. The molecule has 1 N–H and O–H groups in total. The van der Waals surface area contributed by atoms with Crippen LogP contribution in [0.3, 0.4) is 0 Å². The van der Waals surface area contributed by atoms with Gasteiger partial charge in [-0.3, -0.25) is 10.2 Å². The number of rotatable bonds is 5. The third-order valence-electron chi connectivity index (χ3n) is 6.56. The second-order valence-electron chi connectivity index (χ2n) is 8.36. The van der Waals surface area contributed by atoms with Crippen molar-refractivity contribution in [2.45, 2.75) is 51.0 Å². The summed E-state index contributed by atoms with van der Waals surface area (Å²) in [6.07, 6.45) is 5.41. The van der Waals surface area contributed by atoms with E-state index in [1.54, 1.807) is 0 Å². The summed E-state index contributed by atoms with van der Waals surface area (Å²) in [6.45, 7) is 7.18. The Hall–Kier alpha value is -1.92. The van der Waals surface area contributed by atoms with E-state index in [0.717, 1.165) is 64.0 Å². The number of hydrogen-bond acceptors (Lipinski definition) is 5. The highest BCUT2D eigenvalue weighted by Gasteiger charge is 2.48. The van der Waals surface area contributed by atoms with Crippen LogP contribution in [0.25, 0.3) is 0 Å². The van der Waals surface area contributed by atoms with Crippen molar-refractivity contribution in [3.63, 3.8) is 0 Å². The maximum atomic E-state index is 12.8. The maximum Gasteiger partial charge on any atom is 0.339 e. The number of hydrazine groups is 1. The Kier molecular flexibility index (Phi) is 5.69. The number of fused-ring (bicyclic) bond motifs is 2. The van der Waals surface area contributed by atoms with Gasteiger partial charge in [0.2, 0.25) is 5.91 Å². The molecule has 1 spiro atoms. The standard InChI is InChI=1S/C22H31N3O3/c1-2-3-12-24-13-15-25(16-14-24)23-20(26)17-8-10-22(11-9-17)19-7-5-4-6-18(19)21(27)28-22/h4-7,17H,2-3,8-16H2,1H3,(H,23,26)/t17-,22-. The lowest BCUT2D eigenvalue weighted by atomic mass is 9.75. The third kappa shape index (κ3) is 3.80. The number of hydrogen-bond donors (Lipinski definition) is 1. The van der Waals surface area contributed by atoms with Crippen molar-refractivity contribution < 1.29 is 14.3 Å². The SMILES string of the molecule is CCCCN1CCN(NC(=O)[C@H]2CC[C@@]3(CC2)OC(=O)c2ccccc23)CC1. The fraction of sp³-hybridized carbons (Fsp3) is 0.636. The number of unbranched alkanes of at least 4 members (excludes halogenated alkanes) is 1. The first-order valence-corrected chi connectivity index (χ1v) is 10.7. The molecule has 4 rings (SSSR count). The molecule has 1 aromatic carbocycles. The molecule has 0 atom stereocenters. The molecule has 1 saturated carbocycles. The lowest BCUT2D eigenvalue weighted by molar-refractivity contribution is -0.133. The lowest BCUT2D eigenvalue weighted by Crippen LogP contribution is -2.55. The van der Waals surface area contributed by atoms with Crippen LogP contribution >= 0.6 is 0 Å². The first kappa shape index (κ1) is 19.4. The summed E-state index contributed by atoms with van der Waals surface area (Å²) < 4.78 is 5.80. The quantitative estimate of drug-likeness (QED) is 0.790. The second-order valence-corrected chi connectivity index (χ2v) is 8.36. The predicted molar refractivity (Wildman–Crippen MR) is 107 cm³/mol. The molecule has 1 aliphatic carbocycles. The van der Waals surface area contributed by atoms with E-state index in [1.807, 2.05) is 24.3 Å². The van der Waals surface area contributed by atoms with Crippen molar-refractivity contribution in [2.75, 3.05) is 32.7 Å². The van der Waals surface area contributed by atoms with Crippen LogP contribution in [0.15, 0.2) is 24.3 Å². The molecule has 2 fully saturated rings. The first-order chi connectivity index (χ1) is 13.6. The number of carbonyl (C=O) groups excluding carboxylic acids is 2. The topological polar surface area (TPSA) is 61.9 Å². The van der Waals surface area contributed by atoms with Gasteiger partial charge < -0.3 is 9.64 Å². The van der Waals surface area contributed by atoms with Gasteiger partial charge in [-0.15, -0.1) is 0 Å². The number of nitrogens with zero attached hydrogens (tertiary/aromatic N) is 2. The van der Waals surface area contributed by atoms with E-state index in [9.17, 15) is 9.59 Å². The Morgan fingerprint density at radius 2 is 1.89 bits per heavy atom. The Labute approximate surface area is 167 Å². The van der Waals surface area contributed by atoms with Crippen molar-refractivity contribution in [2.24, 2.45) is 5.92 Å². The number of nitrogens with one attached hydrogen (secondary N) is 1. The van der Waals surface area contributed by atoms with Crippen molar-refractivity contribution in [1.82, 2.24) is 15.3 Å². The van der Waals surface area contributed by atoms with Gasteiger partial charge in [-0.25, -0.2) is 9.80 Å². The molecular formula is C22H31N3O3. The van der Waals surface area contributed by atoms with Gasteiger partial charge in [0.25, 0.3) is 0 Å². The number of piperazine rings is 1. The van der Waals surface area contributed by atoms with Crippen molar-refractivity contribution >= 4 is 11.9 Å². The molecule has 6 heteroatoms. The van der Waals surface area contributed by atoms with E-state index in [-0.39, 0.29) is 17.8 Å². The van der Waals surface area contributed by atoms with Crippen LogP contribution < -0.4 is 5.43 Å². The van der Waals surface area contributed by atoms with E-state index in [0.29, 0.717) is 5.56 Å². The van der Waals surface area contributed by atoms with Crippen LogP contribution in [0.2, 0.25) is 0 Å². The zero-order valence-corrected chi connectivity index (χ0v) is 16.8. The fourth-order valence-corrected chi connectivity index (χ4v) is 4.78. The van der Waals surface area contributed by atoms with Crippen LogP contribution in [0.1, 0.15) is 61.4 Å². The Morgan fingerprint density at radius 3 is 2.61 bits per heavy atom. The number of amides is 1. The molecule has 2 aliphatic heterocycles. The third-order valence-corrected chi connectivity index (χ3v) is 6.56. The minimum atomic E-state index is -0.518. The Morgan fingerprint density at radius 1 is 1.18 bits per heavy atom. The smallest absolute Gasteiger partial charge is 0.339 e. The van der Waals surface area contributed by atoms with E-state index >= 15 is 0 Å². The minimum absolute atomic E-state index is 0.00443. The van der Waals surface area contributed by atoms with E-state index in [4.69, 9.17) is 4.74 Å². The Balaban J connectivity index is 1.28. The summed E-state index contributed by atoms with van der Waals surface area (Å²) in [5.41, 5.74) is 4.30. The van der Waals surface area contributed by atoms with Crippen LogP contribution in [-0.4, -0.2) is 54.5 Å². The van der Waals surface area contributed by atoms with Gasteiger partial charge >= 0.3 is 5.97 Å². The highest BCUT2D eigenvalue weighted by Crippen LogP contribution is 2.48. The lowest BCUT2D eigenvalue weighted by Gasteiger charge is -2.38. The number of esters is 1. The first-order valence-electron chi connectivity index (χ1n) is 10.7. The van der Waals surface area contributed by atoms with Crippen molar-refractivity contribution in [1.29, 1.82) is 0 Å². The molecule has 0 radical (unpaired) electrons. The average molecular weight is 386 g/mol. The molecule has 0 bridgehead atoms. The summed E-state index contributed by atoms with van der Waals surface area (Å²) in [5.74, 6) is -0.107. The van der Waals surface area contributed by atoms with Crippen LogP contribution in [0.5, 0.6) is 0 Å². The summed E-state index contributed by atoms with van der Waals surface area (Å²) >= 11 is 0. The zero-order chi connectivity index (χ0) is 19.6.